The maximum atomic E-state index is 4.56. The van der Waals surface area contributed by atoms with Crippen LogP contribution in [0.25, 0.3) is 11.3 Å². The van der Waals surface area contributed by atoms with Gasteiger partial charge in [-0.25, -0.2) is 4.98 Å². The lowest BCUT2D eigenvalue weighted by molar-refractivity contribution is 0.634. The number of nitrogens with one attached hydrogen (secondary N) is 2. The number of H-pyrrole nitrogens is 1. The third-order valence-electron chi connectivity index (χ3n) is 3.95. The van der Waals surface area contributed by atoms with Crippen molar-refractivity contribution in [1.29, 1.82) is 0 Å². The molecular weight excluding hydrogens is 250 g/mol. The summed E-state index contributed by atoms with van der Waals surface area (Å²) in [5.41, 5.74) is 4.55. The van der Waals surface area contributed by atoms with Gasteiger partial charge in [-0.05, 0) is 33.6 Å². The van der Waals surface area contributed by atoms with E-state index in [2.05, 4.69) is 41.2 Å². The van der Waals surface area contributed by atoms with Crippen LogP contribution in [0.5, 0.6) is 0 Å². The highest BCUT2D eigenvalue weighted by molar-refractivity contribution is 5.64. The highest BCUT2D eigenvalue weighted by Gasteiger charge is 2.20. The van der Waals surface area contributed by atoms with Gasteiger partial charge in [-0.2, -0.15) is 5.10 Å². The van der Waals surface area contributed by atoms with Gasteiger partial charge in [-0.1, -0.05) is 0 Å². The van der Waals surface area contributed by atoms with Crippen LogP contribution in [0.4, 0.5) is 0 Å². The first kappa shape index (κ1) is 13.4. The van der Waals surface area contributed by atoms with Crippen molar-refractivity contribution >= 4 is 0 Å². The van der Waals surface area contributed by atoms with Crippen LogP contribution in [0.3, 0.4) is 0 Å². The fraction of sp³-hybridized carbons (Fsp3) is 0.600. The van der Waals surface area contributed by atoms with Gasteiger partial charge in [0, 0.05) is 36.8 Å². The molecule has 3 rings (SSSR count). The van der Waals surface area contributed by atoms with Crippen LogP contribution >= 0.6 is 0 Å². The summed E-state index contributed by atoms with van der Waals surface area (Å²) in [6.45, 7) is 8.20. The number of nitrogens with zero attached hydrogens (tertiary/aromatic N) is 3. The topological polar surface area (TPSA) is 58.5 Å². The van der Waals surface area contributed by atoms with Gasteiger partial charge < -0.3 is 10.3 Å². The molecule has 2 aromatic heterocycles. The molecule has 20 heavy (non-hydrogen) atoms. The first-order chi connectivity index (χ1) is 9.69. The monoisotopic (exact) mass is 273 g/mol. The molecule has 1 aliphatic rings. The molecule has 2 heterocycles. The molecule has 0 bridgehead atoms. The number of rotatable bonds is 6. The Kier molecular flexibility index (Phi) is 3.61. The van der Waals surface area contributed by atoms with Gasteiger partial charge in [0.1, 0.15) is 5.82 Å². The van der Waals surface area contributed by atoms with Crippen molar-refractivity contribution in [2.75, 3.05) is 6.54 Å². The standard InChI is InChI=1S/C15H23N5/c1-4-20-11(3)15(10(2)19-20)13-9-17-14(18-13)7-8-16-12-5-6-12/h9,12,16H,4-8H2,1-3H3,(H,17,18). The van der Waals surface area contributed by atoms with Crippen LogP contribution in [-0.2, 0) is 13.0 Å². The SMILES string of the molecule is CCn1nc(C)c(-c2cnc(CCNC3CC3)[nH]2)c1C. The summed E-state index contributed by atoms with van der Waals surface area (Å²) in [4.78, 5) is 7.93. The van der Waals surface area contributed by atoms with Gasteiger partial charge in [0.25, 0.3) is 0 Å². The molecule has 2 N–H and O–H groups in total. The van der Waals surface area contributed by atoms with Gasteiger partial charge in [0.05, 0.1) is 17.6 Å². The number of aromatic amines is 1. The predicted molar refractivity (Wildman–Crippen MR) is 79.7 cm³/mol. The molecule has 1 fully saturated rings. The molecular formula is C15H23N5. The minimum atomic E-state index is 0.761. The molecule has 0 saturated heterocycles. The predicted octanol–water partition coefficient (Wildman–Crippen LogP) is 2.20. The van der Waals surface area contributed by atoms with Gasteiger partial charge >= 0.3 is 0 Å². The average molecular weight is 273 g/mol. The molecule has 0 spiro atoms. The van der Waals surface area contributed by atoms with E-state index in [1.54, 1.807) is 0 Å². The van der Waals surface area contributed by atoms with E-state index in [9.17, 15) is 0 Å². The van der Waals surface area contributed by atoms with E-state index < -0.39 is 0 Å². The Balaban J connectivity index is 1.73. The first-order valence-corrected chi connectivity index (χ1v) is 7.50. The zero-order chi connectivity index (χ0) is 14.1. The smallest absolute Gasteiger partial charge is 0.107 e. The summed E-state index contributed by atoms with van der Waals surface area (Å²) in [6, 6.07) is 0.761. The molecule has 1 saturated carbocycles. The number of hydrogen-bond donors (Lipinski definition) is 2. The normalized spacial score (nSPS) is 14.9. The summed E-state index contributed by atoms with van der Waals surface area (Å²) < 4.78 is 2.04. The fourth-order valence-electron chi connectivity index (χ4n) is 2.69. The fourth-order valence-corrected chi connectivity index (χ4v) is 2.69. The highest BCUT2D eigenvalue weighted by Crippen LogP contribution is 2.25. The molecule has 2 aromatic rings. The van der Waals surface area contributed by atoms with Crippen LogP contribution < -0.4 is 5.32 Å². The number of hydrogen-bond acceptors (Lipinski definition) is 3. The molecule has 0 amide bonds. The van der Waals surface area contributed by atoms with E-state index in [1.165, 1.54) is 24.1 Å². The van der Waals surface area contributed by atoms with Crippen LogP contribution in [0, 0.1) is 13.8 Å². The third kappa shape index (κ3) is 2.63. The minimum Gasteiger partial charge on any atom is -0.342 e. The Hall–Kier alpha value is -1.62. The van der Waals surface area contributed by atoms with Crippen LogP contribution in [-0.4, -0.2) is 32.3 Å². The molecule has 5 heteroatoms. The van der Waals surface area contributed by atoms with Crippen LogP contribution in [0.15, 0.2) is 6.20 Å². The Labute approximate surface area is 119 Å². The van der Waals surface area contributed by atoms with Crippen molar-refractivity contribution in [1.82, 2.24) is 25.1 Å². The van der Waals surface area contributed by atoms with Crippen molar-refractivity contribution in [3.8, 4) is 11.3 Å². The quantitative estimate of drug-likeness (QED) is 0.848. The summed E-state index contributed by atoms with van der Waals surface area (Å²) >= 11 is 0. The third-order valence-corrected chi connectivity index (χ3v) is 3.95. The average Bonchev–Trinajstić information content (AvgIpc) is 3.06. The zero-order valence-electron chi connectivity index (χ0n) is 12.5. The molecule has 0 unspecified atom stereocenters. The van der Waals surface area contributed by atoms with E-state index in [1.807, 2.05) is 10.9 Å². The summed E-state index contributed by atoms with van der Waals surface area (Å²) in [6.07, 6.45) is 5.55. The van der Waals surface area contributed by atoms with Crippen LogP contribution in [0.1, 0.15) is 37.0 Å². The second-order valence-corrected chi connectivity index (χ2v) is 5.58. The molecule has 5 nitrogen and oxygen atoms in total. The van der Waals surface area contributed by atoms with Crippen molar-refractivity contribution in [3.05, 3.63) is 23.4 Å². The Morgan fingerprint density at radius 1 is 1.40 bits per heavy atom. The Morgan fingerprint density at radius 3 is 2.85 bits per heavy atom. The van der Waals surface area contributed by atoms with Gasteiger partial charge in [0.2, 0.25) is 0 Å². The summed E-state index contributed by atoms with van der Waals surface area (Å²) in [7, 11) is 0. The molecule has 108 valence electrons. The van der Waals surface area contributed by atoms with E-state index in [0.717, 1.165) is 42.8 Å². The Bertz CT molecular complexity index is 591. The number of imidazole rings is 1. The Morgan fingerprint density at radius 2 is 2.20 bits per heavy atom. The largest absolute Gasteiger partial charge is 0.342 e. The highest BCUT2D eigenvalue weighted by atomic mass is 15.3. The van der Waals surface area contributed by atoms with Gasteiger partial charge in [-0.15, -0.1) is 0 Å². The lowest BCUT2D eigenvalue weighted by atomic mass is 10.1. The van der Waals surface area contributed by atoms with Crippen molar-refractivity contribution in [3.63, 3.8) is 0 Å². The second kappa shape index (κ2) is 5.40. The zero-order valence-corrected chi connectivity index (χ0v) is 12.5. The molecule has 0 aromatic carbocycles. The lowest BCUT2D eigenvalue weighted by Gasteiger charge is -2.01. The number of aryl methyl sites for hydroxylation is 2. The van der Waals surface area contributed by atoms with Crippen molar-refractivity contribution < 1.29 is 0 Å². The molecule has 1 aliphatic carbocycles. The minimum absolute atomic E-state index is 0.761. The number of aromatic nitrogens is 4. The second-order valence-electron chi connectivity index (χ2n) is 5.58. The van der Waals surface area contributed by atoms with Crippen molar-refractivity contribution in [2.24, 2.45) is 0 Å². The van der Waals surface area contributed by atoms with Crippen LogP contribution in [0.2, 0.25) is 0 Å². The van der Waals surface area contributed by atoms with Gasteiger partial charge in [0.15, 0.2) is 0 Å². The van der Waals surface area contributed by atoms with E-state index >= 15 is 0 Å². The summed E-state index contributed by atoms with van der Waals surface area (Å²) in [5, 5.41) is 8.08. The first-order valence-electron chi connectivity index (χ1n) is 7.50. The molecule has 0 aliphatic heterocycles. The van der Waals surface area contributed by atoms with E-state index in [4.69, 9.17) is 0 Å². The van der Waals surface area contributed by atoms with Crippen molar-refractivity contribution in [2.45, 2.75) is 52.6 Å². The molecule has 0 radical (unpaired) electrons. The van der Waals surface area contributed by atoms with E-state index in [0.29, 0.717) is 0 Å². The molecule has 0 atom stereocenters. The maximum Gasteiger partial charge on any atom is 0.107 e. The maximum absolute atomic E-state index is 4.56. The summed E-state index contributed by atoms with van der Waals surface area (Å²) in [5.74, 6) is 1.05. The lowest BCUT2D eigenvalue weighted by Crippen LogP contribution is -2.19. The van der Waals surface area contributed by atoms with E-state index in [-0.39, 0.29) is 0 Å². The van der Waals surface area contributed by atoms with Gasteiger partial charge in [-0.3, -0.25) is 4.68 Å².